The fraction of sp³-hybridized carbons (Fsp3) is 0.0667. The first-order chi connectivity index (χ1) is 10.0. The zero-order valence-electron chi connectivity index (χ0n) is 10.9. The third kappa shape index (κ3) is 2.28. The molecule has 0 aliphatic rings. The molecule has 1 heterocycles. The molecule has 6 heteroatoms. The van der Waals surface area contributed by atoms with Crippen molar-refractivity contribution in [2.24, 2.45) is 0 Å². The molecule has 0 saturated carbocycles. The molecule has 0 fully saturated rings. The van der Waals surface area contributed by atoms with Crippen LogP contribution in [0.25, 0.3) is 16.7 Å². The number of fused-ring (bicyclic) bond motifs is 1. The Hall–Kier alpha value is -1.97. The third-order valence-corrected chi connectivity index (χ3v) is 4.20. The zero-order chi connectivity index (χ0) is 15.1. The van der Waals surface area contributed by atoms with Crippen molar-refractivity contribution in [3.8, 4) is 11.8 Å². The highest BCUT2D eigenvalue weighted by Gasteiger charge is 2.12. The zero-order valence-corrected chi connectivity index (χ0v) is 13.3. The van der Waals surface area contributed by atoms with Gasteiger partial charge < -0.3 is 4.98 Å². The number of rotatable bonds is 1. The first kappa shape index (κ1) is 14.0. The first-order valence-electron chi connectivity index (χ1n) is 6.12. The van der Waals surface area contributed by atoms with E-state index < -0.39 is 0 Å². The van der Waals surface area contributed by atoms with Gasteiger partial charge in [0.05, 0.1) is 32.8 Å². The van der Waals surface area contributed by atoms with E-state index in [2.05, 4.69) is 27.0 Å². The van der Waals surface area contributed by atoms with Crippen LogP contribution in [0.15, 0.2) is 34.8 Å². The van der Waals surface area contributed by atoms with Crippen LogP contribution >= 0.6 is 28.1 Å². The van der Waals surface area contributed by atoms with Gasteiger partial charge in [-0.05, 0) is 58.8 Å². The first-order valence-corrected chi connectivity index (χ1v) is 7.32. The molecular formula is C15H9BrFN3S. The molecule has 1 aromatic heterocycles. The van der Waals surface area contributed by atoms with E-state index in [1.165, 1.54) is 6.07 Å². The van der Waals surface area contributed by atoms with Crippen molar-refractivity contribution in [1.29, 1.82) is 5.26 Å². The van der Waals surface area contributed by atoms with Crippen LogP contribution in [-0.2, 0) is 0 Å². The topological polar surface area (TPSA) is 44.5 Å². The number of aromatic nitrogens is 2. The summed E-state index contributed by atoms with van der Waals surface area (Å²) in [6.45, 7) is 1.92. The maximum Gasteiger partial charge on any atom is 0.182 e. The van der Waals surface area contributed by atoms with Crippen molar-refractivity contribution < 1.29 is 4.39 Å². The molecule has 0 unspecified atom stereocenters. The summed E-state index contributed by atoms with van der Waals surface area (Å²) < 4.78 is 16.4. The maximum absolute atomic E-state index is 13.8. The van der Waals surface area contributed by atoms with Crippen LogP contribution in [0.2, 0.25) is 0 Å². The Bertz CT molecular complexity index is 965. The van der Waals surface area contributed by atoms with Crippen molar-refractivity contribution in [1.82, 2.24) is 9.55 Å². The van der Waals surface area contributed by atoms with Gasteiger partial charge in [-0.2, -0.15) is 5.26 Å². The second-order valence-corrected chi connectivity index (χ2v) is 5.90. The summed E-state index contributed by atoms with van der Waals surface area (Å²) in [5.74, 6) is -0.362. The number of halogens is 2. The van der Waals surface area contributed by atoms with E-state index in [0.717, 1.165) is 16.8 Å². The van der Waals surface area contributed by atoms with Gasteiger partial charge in [-0.25, -0.2) is 4.39 Å². The predicted molar refractivity (Wildman–Crippen MR) is 85.6 cm³/mol. The summed E-state index contributed by atoms with van der Waals surface area (Å²) >= 11 is 8.51. The van der Waals surface area contributed by atoms with Crippen molar-refractivity contribution >= 4 is 39.2 Å². The van der Waals surface area contributed by atoms with Crippen molar-refractivity contribution in [2.75, 3.05) is 0 Å². The lowest BCUT2D eigenvalue weighted by atomic mass is 10.1. The summed E-state index contributed by atoms with van der Waals surface area (Å²) in [6.07, 6.45) is 0. The van der Waals surface area contributed by atoms with Crippen LogP contribution in [-0.4, -0.2) is 9.55 Å². The molecule has 0 spiro atoms. The van der Waals surface area contributed by atoms with Crippen LogP contribution in [0.5, 0.6) is 0 Å². The number of nitrogens with one attached hydrogen (secondary N) is 1. The summed E-state index contributed by atoms with van der Waals surface area (Å²) in [4.78, 5) is 3.06. The van der Waals surface area contributed by atoms with Gasteiger partial charge in [0.25, 0.3) is 0 Å². The van der Waals surface area contributed by atoms with Gasteiger partial charge >= 0.3 is 0 Å². The van der Waals surface area contributed by atoms with Gasteiger partial charge in [0, 0.05) is 6.07 Å². The molecule has 104 valence electrons. The number of benzene rings is 2. The fourth-order valence-corrected chi connectivity index (χ4v) is 2.91. The Kier molecular flexibility index (Phi) is 3.40. The van der Waals surface area contributed by atoms with Gasteiger partial charge in [0.1, 0.15) is 5.82 Å². The number of nitrogens with zero attached hydrogens (tertiary/aromatic N) is 2. The van der Waals surface area contributed by atoms with Crippen LogP contribution in [0.4, 0.5) is 4.39 Å². The molecule has 0 aliphatic carbocycles. The normalized spacial score (nSPS) is 10.8. The minimum Gasteiger partial charge on any atom is -0.330 e. The Morgan fingerprint density at radius 2 is 2.10 bits per heavy atom. The lowest BCUT2D eigenvalue weighted by Gasteiger charge is -2.09. The van der Waals surface area contributed by atoms with E-state index in [-0.39, 0.29) is 5.82 Å². The molecule has 3 aromatic rings. The van der Waals surface area contributed by atoms with Crippen LogP contribution in [0, 0.1) is 28.8 Å². The van der Waals surface area contributed by atoms with Gasteiger partial charge in [-0.3, -0.25) is 4.57 Å². The monoisotopic (exact) mass is 361 g/mol. The van der Waals surface area contributed by atoms with Crippen molar-refractivity contribution in [2.45, 2.75) is 6.92 Å². The second kappa shape index (κ2) is 5.10. The number of aryl methyl sites for hydroxylation is 1. The molecular weight excluding hydrogens is 353 g/mol. The minimum absolute atomic E-state index is 0.362. The number of imidazole rings is 1. The number of hydrogen-bond donors (Lipinski definition) is 1. The molecule has 0 amide bonds. The highest BCUT2D eigenvalue weighted by Crippen LogP contribution is 2.27. The Balaban J connectivity index is 2.41. The highest BCUT2D eigenvalue weighted by atomic mass is 79.9. The molecule has 3 nitrogen and oxygen atoms in total. The molecule has 3 rings (SSSR count). The van der Waals surface area contributed by atoms with Crippen LogP contribution < -0.4 is 0 Å². The summed E-state index contributed by atoms with van der Waals surface area (Å²) in [7, 11) is 0. The summed E-state index contributed by atoms with van der Waals surface area (Å²) in [5.41, 5.74) is 3.62. The van der Waals surface area contributed by atoms with Gasteiger partial charge in [0.15, 0.2) is 4.77 Å². The number of aromatic amines is 1. The standard InChI is InChI=1S/C15H9BrFN3S/c1-8-2-3-9(7-18)4-13(8)20-14-6-11(17)10(16)5-12(14)19-15(20)21/h2-6H,1H3,(H,19,21). The highest BCUT2D eigenvalue weighted by molar-refractivity contribution is 9.10. The SMILES string of the molecule is Cc1ccc(C#N)cc1-n1c(=S)[nH]c2cc(Br)c(F)cc21. The van der Waals surface area contributed by atoms with E-state index in [1.54, 1.807) is 22.8 Å². The lowest BCUT2D eigenvalue weighted by molar-refractivity contribution is 0.622. The summed E-state index contributed by atoms with van der Waals surface area (Å²) in [5, 5.41) is 9.05. The van der Waals surface area contributed by atoms with E-state index in [0.29, 0.717) is 20.3 Å². The Morgan fingerprint density at radius 1 is 1.33 bits per heavy atom. The van der Waals surface area contributed by atoms with E-state index in [9.17, 15) is 4.39 Å². The molecule has 0 radical (unpaired) electrons. The third-order valence-electron chi connectivity index (χ3n) is 3.30. The quantitative estimate of drug-likeness (QED) is 0.634. The Morgan fingerprint density at radius 3 is 2.81 bits per heavy atom. The van der Waals surface area contributed by atoms with E-state index in [1.807, 2.05) is 13.0 Å². The average molecular weight is 362 g/mol. The van der Waals surface area contributed by atoms with E-state index in [4.69, 9.17) is 17.5 Å². The fourth-order valence-electron chi connectivity index (χ4n) is 2.26. The van der Waals surface area contributed by atoms with Crippen molar-refractivity contribution in [3.63, 3.8) is 0 Å². The van der Waals surface area contributed by atoms with Gasteiger partial charge in [-0.15, -0.1) is 0 Å². The molecule has 21 heavy (non-hydrogen) atoms. The number of H-pyrrole nitrogens is 1. The molecule has 0 atom stereocenters. The van der Waals surface area contributed by atoms with Crippen molar-refractivity contribution in [3.05, 3.63) is 56.5 Å². The second-order valence-electron chi connectivity index (χ2n) is 4.66. The average Bonchev–Trinajstić information content (AvgIpc) is 2.75. The maximum atomic E-state index is 13.8. The van der Waals surface area contributed by atoms with Crippen LogP contribution in [0.1, 0.15) is 11.1 Å². The number of hydrogen-bond acceptors (Lipinski definition) is 2. The minimum atomic E-state index is -0.362. The van der Waals surface area contributed by atoms with Gasteiger partial charge in [-0.1, -0.05) is 6.07 Å². The lowest BCUT2D eigenvalue weighted by Crippen LogP contribution is -1.98. The number of nitriles is 1. The Labute approximate surface area is 133 Å². The summed E-state index contributed by atoms with van der Waals surface area (Å²) in [6, 6.07) is 10.5. The smallest absolute Gasteiger partial charge is 0.182 e. The largest absolute Gasteiger partial charge is 0.330 e. The van der Waals surface area contributed by atoms with E-state index >= 15 is 0 Å². The molecule has 0 saturated heterocycles. The van der Waals surface area contributed by atoms with Crippen LogP contribution in [0.3, 0.4) is 0 Å². The predicted octanol–water partition coefficient (Wildman–Crippen LogP) is 4.77. The molecule has 0 aliphatic heterocycles. The molecule has 0 bridgehead atoms. The molecule has 1 N–H and O–H groups in total. The van der Waals surface area contributed by atoms with Gasteiger partial charge in [0.2, 0.25) is 0 Å². The molecule has 2 aromatic carbocycles.